The molecule has 18 heteroatoms. The van der Waals surface area contributed by atoms with E-state index in [1.54, 1.807) is 0 Å². The molecule has 0 aromatic heterocycles. The van der Waals surface area contributed by atoms with Crippen molar-refractivity contribution in [3.8, 4) is 0 Å². The summed E-state index contributed by atoms with van der Waals surface area (Å²) in [7, 11) is 0. The first-order chi connectivity index (χ1) is 17.1. The standard InChI is InChI=1S/C19H32N8O10/c20-8(2-1-5-24-19(22)23)15(33)26-10(7-14(31)32)17(35)25-9(3-4-13(29)30)16(34)27-11(18(36)37)6-12(21)28/h8-11H,1-7,20H2,(H2,21,28)(H,25,35)(H,26,33)(H,27,34)(H,29,30)(H,31,32)(H,36,37)(H4,22,23,24)/t8-,9-,10-,11-/m0/s1. The molecule has 0 aliphatic heterocycles. The number of amides is 4. The van der Waals surface area contributed by atoms with Crippen LogP contribution in [-0.4, -0.2) is 93.5 Å². The number of nitrogens with one attached hydrogen (secondary N) is 3. The number of carbonyl (C=O) groups is 7. The highest BCUT2D eigenvalue weighted by Crippen LogP contribution is 2.04. The number of carboxylic acid groups (broad SMARTS) is 3. The molecule has 0 saturated carbocycles. The number of aliphatic imine (C=N–C) groups is 1. The van der Waals surface area contributed by atoms with Crippen molar-refractivity contribution in [3.05, 3.63) is 0 Å². The maximum atomic E-state index is 12.7. The van der Waals surface area contributed by atoms with Gasteiger partial charge in [0.1, 0.15) is 18.1 Å². The van der Waals surface area contributed by atoms with Crippen LogP contribution in [0.2, 0.25) is 0 Å². The van der Waals surface area contributed by atoms with Crippen LogP contribution in [-0.2, 0) is 33.6 Å². The van der Waals surface area contributed by atoms with Crippen molar-refractivity contribution in [2.45, 2.75) is 62.7 Å². The van der Waals surface area contributed by atoms with E-state index in [9.17, 15) is 33.6 Å². The Morgan fingerprint density at radius 2 is 1.24 bits per heavy atom. The molecule has 4 amide bonds. The summed E-state index contributed by atoms with van der Waals surface area (Å²) in [6, 6.07) is -6.34. The van der Waals surface area contributed by atoms with Gasteiger partial charge in [-0.25, -0.2) is 4.79 Å². The normalized spacial score (nSPS) is 13.6. The third-order valence-electron chi connectivity index (χ3n) is 4.62. The highest BCUT2D eigenvalue weighted by Gasteiger charge is 2.32. The summed E-state index contributed by atoms with van der Waals surface area (Å²) >= 11 is 0. The number of primary amides is 1. The lowest BCUT2D eigenvalue weighted by atomic mass is 10.1. The molecular weight excluding hydrogens is 500 g/mol. The van der Waals surface area contributed by atoms with Crippen LogP contribution in [0.25, 0.3) is 0 Å². The fraction of sp³-hybridized carbons (Fsp3) is 0.579. The zero-order valence-electron chi connectivity index (χ0n) is 19.7. The van der Waals surface area contributed by atoms with E-state index < -0.39 is 91.4 Å². The van der Waals surface area contributed by atoms with Crippen LogP contribution in [0.4, 0.5) is 0 Å². The number of carbonyl (C=O) groups excluding carboxylic acids is 4. The van der Waals surface area contributed by atoms with Crippen LogP contribution in [0.1, 0.15) is 38.5 Å². The Kier molecular flexibility index (Phi) is 14.3. The van der Waals surface area contributed by atoms with E-state index in [-0.39, 0.29) is 25.3 Å². The van der Waals surface area contributed by atoms with Crippen molar-refractivity contribution in [1.29, 1.82) is 0 Å². The Hall–Kier alpha value is -4.48. The van der Waals surface area contributed by atoms with Gasteiger partial charge in [0, 0.05) is 13.0 Å². The molecule has 0 unspecified atom stereocenters. The number of hydrogen-bond acceptors (Lipinski definition) is 9. The summed E-state index contributed by atoms with van der Waals surface area (Å²) in [4.78, 5) is 85.9. The number of hydrogen-bond donors (Lipinski definition) is 10. The molecular formula is C19H32N8O10. The third-order valence-corrected chi connectivity index (χ3v) is 4.62. The molecule has 18 nitrogen and oxygen atoms in total. The summed E-state index contributed by atoms with van der Waals surface area (Å²) in [6.07, 6.45) is -2.54. The Morgan fingerprint density at radius 1 is 0.703 bits per heavy atom. The number of guanidine groups is 1. The second kappa shape index (κ2) is 16.2. The summed E-state index contributed by atoms with van der Waals surface area (Å²) in [5.74, 6) is -8.97. The average molecular weight is 533 g/mol. The first kappa shape index (κ1) is 32.5. The molecule has 208 valence electrons. The molecule has 14 N–H and O–H groups in total. The van der Waals surface area contributed by atoms with Gasteiger partial charge in [-0.2, -0.15) is 0 Å². The van der Waals surface area contributed by atoms with Gasteiger partial charge >= 0.3 is 17.9 Å². The summed E-state index contributed by atoms with van der Waals surface area (Å²) < 4.78 is 0. The second-order valence-electron chi connectivity index (χ2n) is 7.78. The molecule has 37 heavy (non-hydrogen) atoms. The van der Waals surface area contributed by atoms with Crippen molar-refractivity contribution in [2.75, 3.05) is 6.54 Å². The minimum absolute atomic E-state index is 0.0735. The van der Waals surface area contributed by atoms with Crippen LogP contribution >= 0.6 is 0 Å². The number of aliphatic carboxylic acids is 3. The molecule has 0 aromatic carbocycles. The zero-order valence-corrected chi connectivity index (χ0v) is 19.7. The molecule has 0 aromatic rings. The Bertz CT molecular complexity index is 905. The van der Waals surface area contributed by atoms with E-state index >= 15 is 0 Å². The van der Waals surface area contributed by atoms with Crippen LogP contribution in [0.15, 0.2) is 4.99 Å². The van der Waals surface area contributed by atoms with Crippen molar-refractivity contribution in [2.24, 2.45) is 27.9 Å². The Balaban J connectivity index is 5.52. The SMILES string of the molecule is NC(=O)C[C@H](NC(=O)[C@H](CCC(=O)O)NC(=O)[C@H](CC(=O)O)NC(=O)[C@@H](N)CCCN=C(N)N)C(=O)O. The molecule has 0 bridgehead atoms. The maximum absolute atomic E-state index is 12.7. The quantitative estimate of drug-likeness (QED) is 0.0450. The van der Waals surface area contributed by atoms with E-state index in [4.69, 9.17) is 38.3 Å². The van der Waals surface area contributed by atoms with Crippen LogP contribution in [0.5, 0.6) is 0 Å². The van der Waals surface area contributed by atoms with Gasteiger partial charge in [-0.05, 0) is 19.3 Å². The fourth-order valence-electron chi connectivity index (χ4n) is 2.80. The molecule has 4 atom stereocenters. The van der Waals surface area contributed by atoms with E-state index in [2.05, 4.69) is 15.6 Å². The monoisotopic (exact) mass is 532 g/mol. The van der Waals surface area contributed by atoms with Crippen molar-refractivity contribution < 1.29 is 48.9 Å². The van der Waals surface area contributed by atoms with E-state index in [1.807, 2.05) is 5.32 Å². The van der Waals surface area contributed by atoms with Gasteiger partial charge in [0.2, 0.25) is 23.6 Å². The smallest absolute Gasteiger partial charge is 0.326 e. The predicted molar refractivity (Wildman–Crippen MR) is 124 cm³/mol. The number of nitrogens with two attached hydrogens (primary N) is 4. The zero-order chi connectivity index (χ0) is 28.7. The number of rotatable bonds is 18. The largest absolute Gasteiger partial charge is 0.481 e. The second-order valence-corrected chi connectivity index (χ2v) is 7.78. The molecule has 0 rings (SSSR count). The van der Waals surface area contributed by atoms with Gasteiger partial charge in [-0.15, -0.1) is 0 Å². The summed E-state index contributed by atoms with van der Waals surface area (Å²) in [5.41, 5.74) is 21.1. The Morgan fingerprint density at radius 3 is 1.73 bits per heavy atom. The van der Waals surface area contributed by atoms with Crippen molar-refractivity contribution in [1.82, 2.24) is 16.0 Å². The number of nitrogens with zero attached hydrogens (tertiary/aromatic N) is 1. The van der Waals surface area contributed by atoms with Gasteiger partial charge in [0.25, 0.3) is 0 Å². The predicted octanol–water partition coefficient (Wildman–Crippen LogP) is -4.88. The van der Waals surface area contributed by atoms with Gasteiger partial charge in [-0.1, -0.05) is 0 Å². The van der Waals surface area contributed by atoms with Crippen LogP contribution in [0, 0.1) is 0 Å². The van der Waals surface area contributed by atoms with Gasteiger partial charge in [0.05, 0.1) is 18.9 Å². The molecule has 0 fully saturated rings. The topological polar surface area (TPSA) is 333 Å². The van der Waals surface area contributed by atoms with E-state index in [0.717, 1.165) is 0 Å². The molecule has 0 aliphatic rings. The van der Waals surface area contributed by atoms with Crippen LogP contribution < -0.4 is 38.9 Å². The first-order valence-corrected chi connectivity index (χ1v) is 10.8. The van der Waals surface area contributed by atoms with Crippen LogP contribution in [0.3, 0.4) is 0 Å². The van der Waals surface area contributed by atoms with Gasteiger partial charge < -0.3 is 54.2 Å². The van der Waals surface area contributed by atoms with E-state index in [0.29, 0.717) is 0 Å². The highest BCUT2D eigenvalue weighted by atomic mass is 16.4. The van der Waals surface area contributed by atoms with E-state index in [1.165, 1.54) is 0 Å². The molecule has 0 aliphatic carbocycles. The Labute approximate surface area is 210 Å². The third kappa shape index (κ3) is 14.5. The minimum Gasteiger partial charge on any atom is -0.481 e. The molecule has 0 saturated heterocycles. The lowest BCUT2D eigenvalue weighted by Crippen LogP contribution is -2.57. The lowest BCUT2D eigenvalue weighted by Gasteiger charge is -2.24. The minimum atomic E-state index is -1.78. The molecule has 0 spiro atoms. The van der Waals surface area contributed by atoms with Gasteiger partial charge in [0.15, 0.2) is 5.96 Å². The average Bonchev–Trinajstić information content (AvgIpc) is 2.76. The van der Waals surface area contributed by atoms with Gasteiger partial charge in [-0.3, -0.25) is 33.8 Å². The lowest BCUT2D eigenvalue weighted by molar-refractivity contribution is -0.144. The first-order valence-electron chi connectivity index (χ1n) is 10.8. The van der Waals surface area contributed by atoms with Crippen molar-refractivity contribution in [3.63, 3.8) is 0 Å². The fourth-order valence-corrected chi connectivity index (χ4v) is 2.80. The highest BCUT2D eigenvalue weighted by molar-refractivity contribution is 5.96. The summed E-state index contributed by atoms with van der Waals surface area (Å²) in [6.45, 7) is 0.163. The molecule has 0 radical (unpaired) electrons. The maximum Gasteiger partial charge on any atom is 0.326 e. The number of carboxylic acids is 3. The van der Waals surface area contributed by atoms with Crippen molar-refractivity contribution >= 4 is 47.5 Å². The summed E-state index contributed by atoms with van der Waals surface area (Å²) in [5, 5.41) is 33.4. The molecule has 0 heterocycles.